The lowest BCUT2D eigenvalue weighted by Crippen LogP contribution is -2.28. The predicted octanol–water partition coefficient (Wildman–Crippen LogP) is 4.33. The smallest absolute Gasteiger partial charge is 0.341 e. The number of para-hydroxylation sites is 1. The number of carbonyl (C=O) groups excluding carboxylic acids is 2. The number of hydrogen-bond acceptors (Lipinski definition) is 7. The Bertz CT molecular complexity index is 1270. The summed E-state index contributed by atoms with van der Waals surface area (Å²) in [4.78, 5) is 39.3. The molecule has 1 N–H and O–H groups in total. The molecule has 0 fully saturated rings. The maximum Gasteiger partial charge on any atom is 0.341 e. The minimum absolute atomic E-state index is 0.0761. The molecular weight excluding hydrogens is 466 g/mol. The number of esters is 1. The van der Waals surface area contributed by atoms with E-state index in [9.17, 15) is 14.4 Å². The van der Waals surface area contributed by atoms with Crippen LogP contribution in [0.1, 0.15) is 58.5 Å². The van der Waals surface area contributed by atoms with E-state index in [-0.39, 0.29) is 30.5 Å². The van der Waals surface area contributed by atoms with Gasteiger partial charge < -0.3 is 14.8 Å². The van der Waals surface area contributed by atoms with Crippen LogP contribution in [-0.2, 0) is 24.1 Å². The lowest BCUT2D eigenvalue weighted by molar-refractivity contribution is 0.0378. The summed E-state index contributed by atoms with van der Waals surface area (Å²) in [7, 11) is 0. The number of amides is 1. The van der Waals surface area contributed by atoms with Gasteiger partial charge in [0, 0.05) is 10.9 Å². The second kappa shape index (κ2) is 10.9. The van der Waals surface area contributed by atoms with Crippen LogP contribution in [0.5, 0.6) is 5.75 Å². The Hall–Kier alpha value is -3.46. The second-order valence-electron chi connectivity index (χ2n) is 8.91. The zero-order valence-corrected chi connectivity index (χ0v) is 20.9. The first-order valence-electron chi connectivity index (χ1n) is 11.7. The fraction of sp³-hybridized carbons (Fsp3) is 0.385. The molecule has 1 amide bonds. The molecule has 1 aliphatic carbocycles. The summed E-state index contributed by atoms with van der Waals surface area (Å²) in [6.45, 7) is 6.19. The van der Waals surface area contributed by atoms with E-state index in [0.717, 1.165) is 29.7 Å². The molecule has 0 saturated carbocycles. The highest BCUT2D eigenvalue weighted by Crippen LogP contribution is 2.40. The number of fused-ring (bicyclic) bond motifs is 1. The first-order valence-corrected chi connectivity index (χ1v) is 12.6. The van der Waals surface area contributed by atoms with Crippen molar-refractivity contribution in [1.29, 1.82) is 0 Å². The van der Waals surface area contributed by atoms with E-state index in [2.05, 4.69) is 17.3 Å². The summed E-state index contributed by atoms with van der Waals surface area (Å²) in [6, 6.07) is 11.9. The maximum absolute atomic E-state index is 13.1. The van der Waals surface area contributed by atoms with Crippen molar-refractivity contribution in [1.82, 2.24) is 9.78 Å². The fourth-order valence-electron chi connectivity index (χ4n) is 3.99. The molecule has 0 aliphatic heterocycles. The first-order chi connectivity index (χ1) is 16.8. The number of anilines is 1. The van der Waals surface area contributed by atoms with E-state index in [4.69, 9.17) is 9.47 Å². The molecule has 2 aromatic heterocycles. The number of benzene rings is 1. The van der Waals surface area contributed by atoms with Crippen molar-refractivity contribution in [3.63, 3.8) is 0 Å². The van der Waals surface area contributed by atoms with Gasteiger partial charge in [-0.3, -0.25) is 9.59 Å². The zero-order chi connectivity index (χ0) is 24.9. The zero-order valence-electron chi connectivity index (χ0n) is 20.1. The van der Waals surface area contributed by atoms with E-state index >= 15 is 0 Å². The van der Waals surface area contributed by atoms with E-state index in [1.165, 1.54) is 28.2 Å². The molecule has 0 radical (unpaired) electrons. The number of carbonyl (C=O) groups is 2. The van der Waals surface area contributed by atoms with Crippen LogP contribution >= 0.6 is 11.3 Å². The van der Waals surface area contributed by atoms with Gasteiger partial charge in [-0.05, 0) is 62.8 Å². The molecule has 9 heteroatoms. The van der Waals surface area contributed by atoms with E-state index in [0.29, 0.717) is 22.2 Å². The number of nitrogens with one attached hydrogen (secondary N) is 1. The number of rotatable bonds is 8. The molecule has 0 bridgehead atoms. The summed E-state index contributed by atoms with van der Waals surface area (Å²) in [5.74, 6) is 0.277. The SMILES string of the molecule is CC(C)OC(=O)c1c(NC(=O)c2ccc(=O)n(CCOc3ccccc3)n2)sc2c1CC[C@H](C)C2. The van der Waals surface area contributed by atoms with Crippen LogP contribution in [0.2, 0.25) is 0 Å². The molecule has 1 aliphatic rings. The summed E-state index contributed by atoms with van der Waals surface area (Å²) < 4.78 is 12.3. The highest BCUT2D eigenvalue weighted by molar-refractivity contribution is 7.17. The van der Waals surface area contributed by atoms with Crippen molar-refractivity contribution >= 4 is 28.2 Å². The van der Waals surface area contributed by atoms with Crippen LogP contribution in [-0.4, -0.2) is 34.4 Å². The monoisotopic (exact) mass is 495 g/mol. The van der Waals surface area contributed by atoms with Crippen molar-refractivity contribution in [2.75, 3.05) is 11.9 Å². The van der Waals surface area contributed by atoms with Crippen molar-refractivity contribution in [3.05, 3.63) is 74.5 Å². The standard InChI is InChI=1S/C26H29N3O5S/c1-16(2)34-26(32)23-19-10-9-17(3)15-21(19)35-25(23)27-24(31)20-11-12-22(30)29(28-20)13-14-33-18-7-5-4-6-8-18/h4-8,11-12,16-17H,9-10,13-15H2,1-3H3,(H,27,31)/t17-/m0/s1. The molecule has 0 spiro atoms. The number of ether oxygens (including phenoxy) is 2. The second-order valence-corrected chi connectivity index (χ2v) is 10.0. The van der Waals surface area contributed by atoms with E-state index < -0.39 is 11.9 Å². The summed E-state index contributed by atoms with van der Waals surface area (Å²) in [5.41, 5.74) is 1.14. The van der Waals surface area contributed by atoms with Gasteiger partial charge in [0.25, 0.3) is 11.5 Å². The van der Waals surface area contributed by atoms with Gasteiger partial charge in [-0.1, -0.05) is 25.1 Å². The van der Waals surface area contributed by atoms with Crippen molar-refractivity contribution in [2.24, 2.45) is 5.92 Å². The first kappa shape index (κ1) is 24.7. The fourth-order valence-corrected chi connectivity index (χ4v) is 5.39. The topological polar surface area (TPSA) is 99.5 Å². The van der Waals surface area contributed by atoms with Gasteiger partial charge in [0.2, 0.25) is 0 Å². The van der Waals surface area contributed by atoms with Gasteiger partial charge in [0.15, 0.2) is 0 Å². The summed E-state index contributed by atoms with van der Waals surface area (Å²) in [6.07, 6.45) is 2.35. The molecule has 8 nitrogen and oxygen atoms in total. The molecule has 35 heavy (non-hydrogen) atoms. The van der Waals surface area contributed by atoms with Crippen molar-refractivity contribution in [3.8, 4) is 5.75 Å². The van der Waals surface area contributed by atoms with E-state index in [1.807, 2.05) is 30.3 Å². The van der Waals surface area contributed by atoms with Gasteiger partial charge in [-0.25, -0.2) is 9.48 Å². The third-order valence-corrected chi connectivity index (χ3v) is 6.87. The summed E-state index contributed by atoms with van der Waals surface area (Å²) >= 11 is 1.41. The minimum atomic E-state index is -0.493. The largest absolute Gasteiger partial charge is 0.492 e. The molecule has 2 heterocycles. The molecule has 0 saturated heterocycles. The third-order valence-electron chi connectivity index (χ3n) is 5.70. The van der Waals surface area contributed by atoms with E-state index in [1.54, 1.807) is 13.8 Å². The van der Waals surface area contributed by atoms with Crippen LogP contribution in [0.4, 0.5) is 5.00 Å². The lowest BCUT2D eigenvalue weighted by Gasteiger charge is -2.18. The number of hydrogen-bond donors (Lipinski definition) is 1. The Balaban J connectivity index is 1.53. The Labute approximate surface area is 207 Å². The minimum Gasteiger partial charge on any atom is -0.492 e. The highest BCUT2D eigenvalue weighted by Gasteiger charge is 2.30. The quantitative estimate of drug-likeness (QED) is 0.467. The average molecular weight is 496 g/mol. The Morgan fingerprint density at radius 2 is 1.97 bits per heavy atom. The number of aromatic nitrogens is 2. The highest BCUT2D eigenvalue weighted by atomic mass is 32.1. The van der Waals surface area contributed by atoms with Gasteiger partial charge in [0.05, 0.1) is 18.2 Å². The average Bonchev–Trinajstić information content (AvgIpc) is 3.17. The van der Waals surface area contributed by atoms with Gasteiger partial charge >= 0.3 is 5.97 Å². The lowest BCUT2D eigenvalue weighted by atomic mass is 9.88. The summed E-state index contributed by atoms with van der Waals surface area (Å²) in [5, 5.41) is 7.53. The van der Waals surface area contributed by atoms with Gasteiger partial charge in [-0.15, -0.1) is 11.3 Å². The van der Waals surface area contributed by atoms with Crippen LogP contribution in [0.15, 0.2) is 47.3 Å². The van der Waals surface area contributed by atoms with Crippen LogP contribution in [0.3, 0.4) is 0 Å². The molecular formula is C26H29N3O5S. The predicted molar refractivity (Wildman–Crippen MR) is 134 cm³/mol. The number of thiophene rings is 1. The van der Waals surface area contributed by atoms with Gasteiger partial charge in [0.1, 0.15) is 23.1 Å². The third kappa shape index (κ3) is 5.97. The molecule has 4 rings (SSSR count). The van der Waals surface area contributed by atoms with Crippen LogP contribution in [0.25, 0.3) is 0 Å². The molecule has 0 unspecified atom stereocenters. The molecule has 1 aromatic carbocycles. The maximum atomic E-state index is 13.1. The Morgan fingerprint density at radius 3 is 2.71 bits per heavy atom. The Morgan fingerprint density at radius 1 is 1.20 bits per heavy atom. The van der Waals surface area contributed by atoms with Crippen molar-refractivity contribution < 1.29 is 19.1 Å². The normalized spacial score (nSPS) is 14.9. The van der Waals surface area contributed by atoms with Gasteiger partial charge in [-0.2, -0.15) is 5.10 Å². The molecule has 184 valence electrons. The van der Waals surface area contributed by atoms with Crippen LogP contribution in [0, 0.1) is 5.92 Å². The molecule has 1 atom stereocenters. The van der Waals surface area contributed by atoms with Crippen LogP contribution < -0.4 is 15.6 Å². The molecule has 3 aromatic rings. The number of nitrogens with zero attached hydrogens (tertiary/aromatic N) is 2. The van der Waals surface area contributed by atoms with Crippen molar-refractivity contribution in [2.45, 2.75) is 52.7 Å². The Kier molecular flexibility index (Phi) is 7.65.